The minimum absolute atomic E-state index is 0.174. The van der Waals surface area contributed by atoms with Crippen molar-refractivity contribution in [1.29, 1.82) is 0 Å². The lowest BCUT2D eigenvalue weighted by Gasteiger charge is -2.17. The van der Waals surface area contributed by atoms with Crippen LogP contribution in [0.2, 0.25) is 0 Å². The van der Waals surface area contributed by atoms with Gasteiger partial charge in [-0.05, 0) is 60.8 Å². The highest BCUT2D eigenvalue weighted by molar-refractivity contribution is 7.10. The molecule has 0 aliphatic rings. The monoisotopic (exact) mass is 436 g/mol. The Hall–Kier alpha value is -3.58. The molecule has 0 spiro atoms. The van der Waals surface area contributed by atoms with Crippen molar-refractivity contribution in [3.05, 3.63) is 88.2 Å². The van der Waals surface area contributed by atoms with Crippen LogP contribution < -0.4 is 20.1 Å². The molecule has 0 aliphatic heterocycles. The van der Waals surface area contributed by atoms with Gasteiger partial charge < -0.3 is 20.1 Å². The third kappa shape index (κ3) is 6.72. The molecule has 0 fully saturated rings. The summed E-state index contributed by atoms with van der Waals surface area (Å²) >= 11 is 1.48. The molecule has 1 heterocycles. The third-order valence-corrected chi connectivity index (χ3v) is 5.11. The van der Waals surface area contributed by atoms with Gasteiger partial charge >= 0.3 is 0 Å². The highest BCUT2D eigenvalue weighted by atomic mass is 32.1. The van der Waals surface area contributed by atoms with Crippen molar-refractivity contribution in [3.63, 3.8) is 0 Å². The Labute approximate surface area is 185 Å². The predicted molar refractivity (Wildman–Crippen MR) is 122 cm³/mol. The number of ether oxygens (including phenoxy) is 2. The average Bonchev–Trinajstić information content (AvgIpc) is 3.31. The number of benzene rings is 2. The molecule has 2 amide bonds. The summed E-state index contributed by atoms with van der Waals surface area (Å²) in [6.45, 7) is 2.11. The third-order valence-electron chi connectivity index (χ3n) is 4.30. The second kappa shape index (κ2) is 11.0. The second-order valence-corrected chi connectivity index (χ2v) is 7.73. The lowest BCUT2D eigenvalue weighted by Crippen LogP contribution is -2.41. The van der Waals surface area contributed by atoms with Crippen LogP contribution in [0.3, 0.4) is 0 Å². The van der Waals surface area contributed by atoms with E-state index < -0.39 is 0 Å². The molecule has 1 aromatic heterocycles. The van der Waals surface area contributed by atoms with E-state index in [1.165, 1.54) is 11.3 Å². The Morgan fingerprint density at radius 1 is 1.00 bits per heavy atom. The van der Waals surface area contributed by atoms with Crippen molar-refractivity contribution >= 4 is 29.2 Å². The van der Waals surface area contributed by atoms with Crippen molar-refractivity contribution in [1.82, 2.24) is 10.6 Å². The van der Waals surface area contributed by atoms with Crippen molar-refractivity contribution in [2.45, 2.75) is 13.0 Å². The number of rotatable bonds is 9. The van der Waals surface area contributed by atoms with Gasteiger partial charge in [0, 0.05) is 10.4 Å². The molecule has 3 rings (SSSR count). The van der Waals surface area contributed by atoms with Crippen LogP contribution in [0, 0.1) is 0 Å². The largest absolute Gasteiger partial charge is 0.497 e. The number of hydrogen-bond donors (Lipinski definition) is 2. The van der Waals surface area contributed by atoms with Gasteiger partial charge in [0.15, 0.2) is 0 Å². The van der Waals surface area contributed by atoms with E-state index in [1.54, 1.807) is 61.7 Å². The molecule has 2 N–H and O–H groups in total. The fourth-order valence-corrected chi connectivity index (χ4v) is 3.35. The minimum Gasteiger partial charge on any atom is -0.497 e. The van der Waals surface area contributed by atoms with Gasteiger partial charge in [0.1, 0.15) is 23.8 Å². The number of carbonyl (C=O) groups is 2. The first-order chi connectivity index (χ1) is 15.0. The van der Waals surface area contributed by atoms with Gasteiger partial charge in [-0.1, -0.05) is 24.3 Å². The first-order valence-electron chi connectivity index (χ1n) is 9.74. The van der Waals surface area contributed by atoms with Crippen LogP contribution in [0.4, 0.5) is 0 Å². The van der Waals surface area contributed by atoms with Crippen molar-refractivity contribution in [2.24, 2.45) is 0 Å². The fourth-order valence-electron chi connectivity index (χ4n) is 2.69. The van der Waals surface area contributed by atoms with E-state index in [2.05, 4.69) is 10.6 Å². The summed E-state index contributed by atoms with van der Waals surface area (Å²) in [6, 6.07) is 19.5. The molecular weight excluding hydrogens is 412 g/mol. The maximum absolute atomic E-state index is 12.9. The molecule has 160 valence electrons. The van der Waals surface area contributed by atoms with E-state index in [4.69, 9.17) is 9.47 Å². The summed E-state index contributed by atoms with van der Waals surface area (Å²) in [5.41, 5.74) is 0.649. The molecule has 7 heteroatoms. The van der Waals surface area contributed by atoms with Gasteiger partial charge in [-0.3, -0.25) is 9.59 Å². The molecule has 1 atom stereocenters. The van der Waals surface area contributed by atoms with Crippen LogP contribution in [-0.4, -0.2) is 31.6 Å². The van der Waals surface area contributed by atoms with Crippen molar-refractivity contribution in [2.75, 3.05) is 13.7 Å². The molecule has 0 unspecified atom stereocenters. The number of hydrogen-bond acceptors (Lipinski definition) is 5. The zero-order chi connectivity index (χ0) is 22.1. The Morgan fingerprint density at radius 3 is 2.35 bits per heavy atom. The number of methoxy groups -OCH3 is 1. The van der Waals surface area contributed by atoms with Gasteiger partial charge in [0.05, 0.1) is 13.2 Å². The Balaban J connectivity index is 1.64. The van der Waals surface area contributed by atoms with Gasteiger partial charge in [0.25, 0.3) is 11.8 Å². The highest BCUT2D eigenvalue weighted by Gasteiger charge is 2.17. The number of thiophene rings is 1. The van der Waals surface area contributed by atoms with Crippen LogP contribution in [0.1, 0.15) is 22.2 Å². The SMILES string of the molecule is COc1ccc(OC[C@@H](C)NC(=O)/C(=C/c2cccs2)NC(=O)c2ccccc2)cc1. The van der Waals surface area contributed by atoms with Crippen LogP contribution in [0.15, 0.2) is 77.8 Å². The van der Waals surface area contributed by atoms with E-state index >= 15 is 0 Å². The molecule has 0 aliphatic carbocycles. The lowest BCUT2D eigenvalue weighted by atomic mass is 10.2. The quantitative estimate of drug-likeness (QED) is 0.495. The molecule has 31 heavy (non-hydrogen) atoms. The van der Waals surface area contributed by atoms with Crippen LogP contribution >= 0.6 is 11.3 Å². The zero-order valence-electron chi connectivity index (χ0n) is 17.3. The van der Waals surface area contributed by atoms with E-state index in [9.17, 15) is 9.59 Å². The maximum atomic E-state index is 12.9. The van der Waals surface area contributed by atoms with Gasteiger partial charge in [-0.15, -0.1) is 11.3 Å². The molecule has 6 nitrogen and oxygen atoms in total. The summed E-state index contributed by atoms with van der Waals surface area (Å²) in [6.07, 6.45) is 1.66. The maximum Gasteiger partial charge on any atom is 0.268 e. The summed E-state index contributed by atoms with van der Waals surface area (Å²) in [4.78, 5) is 26.3. The Morgan fingerprint density at radius 2 is 1.71 bits per heavy atom. The average molecular weight is 437 g/mol. The topological polar surface area (TPSA) is 76.7 Å². The number of nitrogens with one attached hydrogen (secondary N) is 2. The van der Waals surface area contributed by atoms with E-state index in [1.807, 2.05) is 30.5 Å². The van der Waals surface area contributed by atoms with Crippen molar-refractivity contribution in [3.8, 4) is 11.5 Å². The fraction of sp³-hybridized carbons (Fsp3) is 0.167. The highest BCUT2D eigenvalue weighted by Crippen LogP contribution is 2.17. The van der Waals surface area contributed by atoms with E-state index in [-0.39, 0.29) is 30.2 Å². The summed E-state index contributed by atoms with van der Waals surface area (Å²) < 4.78 is 10.9. The van der Waals surface area contributed by atoms with Crippen LogP contribution in [0.25, 0.3) is 6.08 Å². The molecule has 0 saturated heterocycles. The lowest BCUT2D eigenvalue weighted by molar-refractivity contribution is -0.118. The van der Waals surface area contributed by atoms with E-state index in [0.717, 1.165) is 10.6 Å². The Kier molecular flexibility index (Phi) is 7.84. The summed E-state index contributed by atoms with van der Waals surface area (Å²) in [5.74, 6) is 0.684. The van der Waals surface area contributed by atoms with Gasteiger partial charge in [-0.25, -0.2) is 0 Å². The van der Waals surface area contributed by atoms with Crippen LogP contribution in [0.5, 0.6) is 11.5 Å². The first kappa shape index (κ1) is 22.1. The number of carbonyl (C=O) groups excluding carboxylic acids is 2. The number of amides is 2. The van der Waals surface area contributed by atoms with Crippen LogP contribution in [-0.2, 0) is 4.79 Å². The Bertz CT molecular complexity index is 1020. The van der Waals surface area contributed by atoms with Gasteiger partial charge in [-0.2, -0.15) is 0 Å². The smallest absolute Gasteiger partial charge is 0.268 e. The summed E-state index contributed by atoms with van der Waals surface area (Å²) in [7, 11) is 1.60. The molecule has 0 radical (unpaired) electrons. The second-order valence-electron chi connectivity index (χ2n) is 6.75. The first-order valence-corrected chi connectivity index (χ1v) is 10.6. The zero-order valence-corrected chi connectivity index (χ0v) is 18.1. The normalized spacial score (nSPS) is 12.0. The molecule has 2 aromatic carbocycles. The predicted octanol–water partition coefficient (Wildman–Crippen LogP) is 4.11. The van der Waals surface area contributed by atoms with E-state index in [0.29, 0.717) is 11.3 Å². The molecule has 3 aromatic rings. The standard InChI is InChI=1S/C24H24N2O4S/c1-17(16-30-20-12-10-19(29-2)11-13-20)25-24(28)22(15-21-9-6-14-31-21)26-23(27)18-7-4-3-5-8-18/h3-15,17H,16H2,1-2H3,(H,25,28)(H,26,27)/b22-15-/t17-/m1/s1. The molecule has 0 bridgehead atoms. The molecule has 0 saturated carbocycles. The van der Waals surface area contributed by atoms with Crippen molar-refractivity contribution < 1.29 is 19.1 Å². The summed E-state index contributed by atoms with van der Waals surface area (Å²) in [5, 5.41) is 7.51. The molecular formula is C24H24N2O4S. The van der Waals surface area contributed by atoms with Gasteiger partial charge in [0.2, 0.25) is 0 Å². The minimum atomic E-state index is -0.386.